The van der Waals surface area contributed by atoms with Crippen LogP contribution in [0.2, 0.25) is 0 Å². The van der Waals surface area contributed by atoms with Crippen LogP contribution in [0.3, 0.4) is 0 Å². The van der Waals surface area contributed by atoms with Gasteiger partial charge in [-0.1, -0.05) is 18.2 Å². The second kappa shape index (κ2) is 9.04. The van der Waals surface area contributed by atoms with Gasteiger partial charge in [0.05, 0.1) is 30.8 Å². The molecule has 0 fully saturated rings. The molecule has 9 nitrogen and oxygen atoms in total. The maximum Gasteiger partial charge on any atom is 0.189 e. The Morgan fingerprint density at radius 3 is 3.11 bits per heavy atom. The quantitative estimate of drug-likeness (QED) is 0.215. The van der Waals surface area contributed by atoms with Gasteiger partial charge < -0.3 is 21.1 Å². The van der Waals surface area contributed by atoms with Gasteiger partial charge in [0, 0.05) is 25.6 Å². The first-order valence-corrected chi connectivity index (χ1v) is 8.87. The molecule has 4 rings (SSSR count). The molecule has 0 aliphatic carbocycles. The third-order valence-corrected chi connectivity index (χ3v) is 4.50. The van der Waals surface area contributed by atoms with E-state index in [9.17, 15) is 0 Å². The van der Waals surface area contributed by atoms with Crippen LogP contribution < -0.4 is 21.1 Å². The molecule has 3 heterocycles. The van der Waals surface area contributed by atoms with Gasteiger partial charge in [-0.2, -0.15) is 5.10 Å². The van der Waals surface area contributed by atoms with Crippen LogP contribution in [0.1, 0.15) is 18.0 Å². The molecule has 1 aliphatic heterocycles. The highest BCUT2D eigenvalue weighted by Gasteiger charge is 2.21. The normalized spacial score (nSPS) is 16.0. The van der Waals surface area contributed by atoms with Gasteiger partial charge >= 0.3 is 0 Å². The molecule has 1 aromatic carbocycles. The molecule has 1 atom stereocenters. The molecule has 2 aromatic heterocycles. The minimum absolute atomic E-state index is 0. The molecule has 0 spiro atoms. The Morgan fingerprint density at radius 1 is 1.36 bits per heavy atom. The minimum Gasteiger partial charge on any atom is -0.493 e. The average Bonchev–Trinajstić information content (AvgIpc) is 3.07. The first-order valence-electron chi connectivity index (χ1n) is 8.87. The van der Waals surface area contributed by atoms with Gasteiger partial charge in [-0.25, -0.2) is 9.97 Å². The molecule has 1 aliphatic rings. The number of ether oxygens (including phenoxy) is 1. The van der Waals surface area contributed by atoms with Crippen LogP contribution in [0.5, 0.6) is 5.75 Å². The maximum atomic E-state index is 6.07. The number of guanidine groups is 1. The summed E-state index contributed by atoms with van der Waals surface area (Å²) in [4.78, 5) is 12.9. The predicted octanol–water partition coefficient (Wildman–Crippen LogP) is 1.82. The summed E-state index contributed by atoms with van der Waals surface area (Å²) in [7, 11) is 1.85. The Hall–Kier alpha value is -2.63. The highest BCUT2D eigenvalue weighted by Crippen LogP contribution is 2.31. The number of fused-ring (bicyclic) bond motifs is 2. The first kappa shape index (κ1) is 20.1. The number of aryl methyl sites for hydroxylation is 1. The van der Waals surface area contributed by atoms with Crippen molar-refractivity contribution in [3.8, 4) is 5.75 Å². The van der Waals surface area contributed by atoms with Crippen molar-refractivity contribution in [3.63, 3.8) is 0 Å². The van der Waals surface area contributed by atoms with Gasteiger partial charge in [-0.3, -0.25) is 9.67 Å². The lowest BCUT2D eigenvalue weighted by atomic mass is 10.0. The van der Waals surface area contributed by atoms with E-state index in [0.29, 0.717) is 25.7 Å². The maximum absolute atomic E-state index is 6.07. The molecule has 4 N–H and O–H groups in total. The Morgan fingerprint density at radius 2 is 2.21 bits per heavy atom. The fourth-order valence-electron chi connectivity index (χ4n) is 3.17. The second-order valence-electron chi connectivity index (χ2n) is 6.29. The van der Waals surface area contributed by atoms with Crippen LogP contribution >= 0.6 is 24.0 Å². The van der Waals surface area contributed by atoms with E-state index in [2.05, 4.69) is 36.8 Å². The zero-order valence-corrected chi connectivity index (χ0v) is 17.8. The summed E-state index contributed by atoms with van der Waals surface area (Å²) in [6.07, 6.45) is 4.12. The zero-order valence-electron chi connectivity index (χ0n) is 15.5. The van der Waals surface area contributed by atoms with Crippen molar-refractivity contribution in [1.82, 2.24) is 25.1 Å². The first-order chi connectivity index (χ1) is 13.2. The van der Waals surface area contributed by atoms with Crippen molar-refractivity contribution in [2.24, 2.45) is 17.8 Å². The smallest absolute Gasteiger partial charge is 0.189 e. The topological polar surface area (TPSA) is 115 Å². The third-order valence-electron chi connectivity index (χ3n) is 4.50. The monoisotopic (exact) mass is 494 g/mol. The number of hydrogen-bond acceptors (Lipinski definition) is 6. The van der Waals surface area contributed by atoms with Crippen LogP contribution in [0.15, 0.2) is 41.8 Å². The summed E-state index contributed by atoms with van der Waals surface area (Å²) in [6, 6.07) is 8.11. The van der Waals surface area contributed by atoms with E-state index in [1.54, 1.807) is 10.9 Å². The zero-order chi connectivity index (χ0) is 18.6. The molecular formula is C18H23IN8O. The minimum atomic E-state index is 0. The molecule has 148 valence electrons. The number of nitrogens with zero attached hydrogens (tertiary/aromatic N) is 5. The van der Waals surface area contributed by atoms with Gasteiger partial charge in [0.2, 0.25) is 0 Å². The van der Waals surface area contributed by atoms with Crippen LogP contribution in [-0.2, 0) is 7.05 Å². The molecule has 0 saturated carbocycles. The number of aliphatic imine (C=N–C) groups is 1. The molecular weight excluding hydrogens is 471 g/mol. The van der Waals surface area contributed by atoms with Gasteiger partial charge in [0.25, 0.3) is 0 Å². The number of halogens is 1. The van der Waals surface area contributed by atoms with Crippen molar-refractivity contribution < 1.29 is 4.74 Å². The van der Waals surface area contributed by atoms with Crippen LogP contribution in [0.4, 0.5) is 5.82 Å². The summed E-state index contributed by atoms with van der Waals surface area (Å²) < 4.78 is 7.39. The van der Waals surface area contributed by atoms with Gasteiger partial charge in [0.15, 0.2) is 11.6 Å². The van der Waals surface area contributed by atoms with Gasteiger partial charge in [-0.05, 0) is 6.07 Å². The van der Waals surface area contributed by atoms with Crippen LogP contribution in [0.25, 0.3) is 11.0 Å². The molecule has 10 heteroatoms. The Labute approximate surface area is 179 Å². The van der Waals surface area contributed by atoms with Crippen LogP contribution in [-0.4, -0.2) is 45.4 Å². The SMILES string of the molecule is Cn1ncc2c(NCCN=C(N)NC3CCOc4ccccc43)ncnc21.I. The average molecular weight is 494 g/mol. The fraction of sp³-hybridized carbons (Fsp3) is 0.333. The van der Waals surface area contributed by atoms with E-state index in [1.807, 2.05) is 25.2 Å². The Kier molecular flexibility index (Phi) is 6.49. The molecule has 0 bridgehead atoms. The van der Waals surface area contributed by atoms with Crippen LogP contribution in [0, 0.1) is 0 Å². The summed E-state index contributed by atoms with van der Waals surface area (Å²) in [5.41, 5.74) is 7.96. The third kappa shape index (κ3) is 4.26. The van der Waals surface area contributed by atoms with E-state index >= 15 is 0 Å². The number of nitrogens with two attached hydrogens (primary N) is 1. The van der Waals surface area contributed by atoms with E-state index in [1.165, 1.54) is 6.33 Å². The molecule has 0 radical (unpaired) electrons. The molecule has 3 aromatic rings. The van der Waals surface area contributed by atoms with Gasteiger partial charge in [-0.15, -0.1) is 24.0 Å². The predicted molar refractivity (Wildman–Crippen MR) is 119 cm³/mol. The summed E-state index contributed by atoms with van der Waals surface area (Å²) >= 11 is 0. The van der Waals surface area contributed by atoms with Crippen molar-refractivity contribution >= 4 is 46.8 Å². The largest absolute Gasteiger partial charge is 0.493 e. The van der Waals surface area contributed by atoms with Crippen molar-refractivity contribution in [1.29, 1.82) is 0 Å². The van der Waals surface area contributed by atoms with E-state index in [0.717, 1.165) is 34.6 Å². The lowest BCUT2D eigenvalue weighted by molar-refractivity contribution is 0.262. The number of hydrogen-bond donors (Lipinski definition) is 3. The summed E-state index contributed by atoms with van der Waals surface area (Å²) in [6.45, 7) is 1.79. The van der Waals surface area contributed by atoms with E-state index in [4.69, 9.17) is 10.5 Å². The fourth-order valence-corrected chi connectivity index (χ4v) is 3.17. The number of para-hydroxylation sites is 1. The number of nitrogens with one attached hydrogen (secondary N) is 2. The Bertz CT molecular complexity index is 973. The lowest BCUT2D eigenvalue weighted by Crippen LogP contribution is -2.37. The number of benzene rings is 1. The molecule has 0 amide bonds. The highest BCUT2D eigenvalue weighted by atomic mass is 127. The molecule has 1 unspecified atom stereocenters. The number of rotatable bonds is 5. The van der Waals surface area contributed by atoms with Gasteiger partial charge in [0.1, 0.15) is 17.9 Å². The lowest BCUT2D eigenvalue weighted by Gasteiger charge is -2.26. The number of anilines is 1. The van der Waals surface area contributed by atoms with E-state index < -0.39 is 0 Å². The van der Waals surface area contributed by atoms with Crippen molar-refractivity contribution in [3.05, 3.63) is 42.4 Å². The standard InChI is InChI=1S/C18H22N8O.HI/c1-26-17-13(10-24-26)16(22-11-23-17)20-7-8-21-18(19)25-14-6-9-27-15-5-3-2-4-12(14)15;/h2-5,10-11,14H,6-9H2,1H3,(H3,19,21,25)(H,20,22,23);1H. The second-order valence-corrected chi connectivity index (χ2v) is 6.29. The number of aromatic nitrogens is 4. The summed E-state index contributed by atoms with van der Waals surface area (Å²) in [5, 5.41) is 11.6. The summed E-state index contributed by atoms with van der Waals surface area (Å²) in [5.74, 6) is 2.07. The molecule has 28 heavy (non-hydrogen) atoms. The highest BCUT2D eigenvalue weighted by molar-refractivity contribution is 14.0. The van der Waals surface area contributed by atoms with Crippen molar-refractivity contribution in [2.45, 2.75) is 12.5 Å². The molecule has 0 saturated heterocycles. The van der Waals surface area contributed by atoms with Crippen molar-refractivity contribution in [2.75, 3.05) is 25.0 Å². The van der Waals surface area contributed by atoms with E-state index in [-0.39, 0.29) is 30.0 Å². The Balaban J connectivity index is 0.00000225.